The first-order valence-electron chi connectivity index (χ1n) is 7.69. The number of para-hydroxylation sites is 1. The average molecular weight is 354 g/mol. The molecule has 1 amide bonds. The van der Waals surface area contributed by atoms with E-state index in [2.05, 4.69) is 38.4 Å². The molecular weight excluding hydrogens is 330 g/mol. The number of benzene rings is 1. The fraction of sp³-hybridized carbons (Fsp3) is 0.562. The van der Waals surface area contributed by atoms with E-state index < -0.39 is 0 Å². The molecule has 1 fully saturated rings. The van der Waals surface area contributed by atoms with Gasteiger partial charge < -0.3 is 15.5 Å². The second-order valence-corrected chi connectivity index (χ2v) is 6.38. The Bertz CT molecular complexity index is 459. The number of likely N-dealkylation sites (tertiary alicyclic amines) is 1. The van der Waals surface area contributed by atoms with Gasteiger partial charge in [0.25, 0.3) is 0 Å². The second-order valence-electron chi connectivity index (χ2n) is 5.52. The van der Waals surface area contributed by atoms with Gasteiger partial charge in [-0.15, -0.1) is 0 Å². The van der Waals surface area contributed by atoms with Crippen molar-refractivity contribution in [1.29, 1.82) is 0 Å². The van der Waals surface area contributed by atoms with Crippen molar-refractivity contribution in [1.82, 2.24) is 10.2 Å². The summed E-state index contributed by atoms with van der Waals surface area (Å²) in [6, 6.07) is 8.12. The zero-order chi connectivity index (χ0) is 15.1. The third-order valence-electron chi connectivity index (χ3n) is 3.83. The molecule has 0 saturated carbocycles. The lowest BCUT2D eigenvalue weighted by Gasteiger charge is -2.32. The Morgan fingerprint density at radius 1 is 1.33 bits per heavy atom. The molecule has 1 aromatic carbocycles. The Hall–Kier alpha value is -0.910. The molecule has 1 aliphatic heterocycles. The van der Waals surface area contributed by atoms with Gasteiger partial charge in [0.15, 0.2) is 0 Å². The van der Waals surface area contributed by atoms with Crippen molar-refractivity contribution < 1.29 is 4.79 Å². The number of nitrogens with zero attached hydrogens (tertiary/aromatic N) is 1. The van der Waals surface area contributed by atoms with Crippen molar-refractivity contribution in [2.45, 2.75) is 32.2 Å². The van der Waals surface area contributed by atoms with Crippen molar-refractivity contribution in [3.63, 3.8) is 0 Å². The second kappa shape index (κ2) is 8.51. The number of halogens is 1. The van der Waals surface area contributed by atoms with Crippen LogP contribution in [0.4, 0.5) is 5.69 Å². The Kier molecular flexibility index (Phi) is 6.67. The molecule has 2 rings (SSSR count). The molecule has 116 valence electrons. The van der Waals surface area contributed by atoms with Crippen molar-refractivity contribution >= 4 is 27.5 Å². The molecule has 0 aromatic heterocycles. The summed E-state index contributed by atoms with van der Waals surface area (Å²) in [5.41, 5.74) is 0.821. The molecule has 0 spiro atoms. The van der Waals surface area contributed by atoms with Crippen LogP contribution in [0.2, 0.25) is 0 Å². The molecule has 0 atom stereocenters. The van der Waals surface area contributed by atoms with Gasteiger partial charge in [0, 0.05) is 10.5 Å². The highest BCUT2D eigenvalue weighted by Gasteiger charge is 2.18. The first kappa shape index (κ1) is 16.5. The van der Waals surface area contributed by atoms with Crippen LogP contribution in [0.5, 0.6) is 0 Å². The molecule has 21 heavy (non-hydrogen) atoms. The van der Waals surface area contributed by atoms with Crippen LogP contribution in [0, 0.1) is 0 Å². The van der Waals surface area contributed by atoms with E-state index in [9.17, 15) is 4.79 Å². The predicted octanol–water partition coefficient (Wildman–Crippen LogP) is 2.85. The highest BCUT2D eigenvalue weighted by Crippen LogP contribution is 2.20. The smallest absolute Gasteiger partial charge is 0.238 e. The van der Waals surface area contributed by atoms with Gasteiger partial charge in [0.1, 0.15) is 0 Å². The maximum absolute atomic E-state index is 12.0. The maximum Gasteiger partial charge on any atom is 0.238 e. The van der Waals surface area contributed by atoms with Crippen molar-refractivity contribution in [3.8, 4) is 0 Å². The van der Waals surface area contributed by atoms with Gasteiger partial charge in [-0.2, -0.15) is 0 Å². The van der Waals surface area contributed by atoms with Gasteiger partial charge in [-0.1, -0.05) is 19.1 Å². The fourth-order valence-corrected chi connectivity index (χ4v) is 3.05. The normalized spacial score (nSPS) is 16.9. The molecule has 2 N–H and O–H groups in total. The van der Waals surface area contributed by atoms with E-state index in [0.29, 0.717) is 12.6 Å². The summed E-state index contributed by atoms with van der Waals surface area (Å²) in [6.07, 6.45) is 3.47. The minimum absolute atomic E-state index is 0.0119. The number of amides is 1. The summed E-state index contributed by atoms with van der Waals surface area (Å²) in [5.74, 6) is 0.0119. The van der Waals surface area contributed by atoms with E-state index in [-0.39, 0.29) is 5.91 Å². The summed E-state index contributed by atoms with van der Waals surface area (Å²) in [5, 5.41) is 6.29. The number of rotatable bonds is 6. The number of hydrogen-bond acceptors (Lipinski definition) is 3. The summed E-state index contributed by atoms with van der Waals surface area (Å²) >= 11 is 3.43. The van der Waals surface area contributed by atoms with Crippen LogP contribution >= 0.6 is 15.9 Å². The van der Waals surface area contributed by atoms with E-state index in [4.69, 9.17) is 0 Å². The summed E-state index contributed by atoms with van der Waals surface area (Å²) in [6.45, 7) is 6.06. The molecule has 1 aromatic rings. The van der Waals surface area contributed by atoms with E-state index >= 15 is 0 Å². The number of hydrogen-bond donors (Lipinski definition) is 2. The predicted molar refractivity (Wildman–Crippen MR) is 90.5 cm³/mol. The van der Waals surface area contributed by atoms with Gasteiger partial charge in [0.05, 0.1) is 12.2 Å². The van der Waals surface area contributed by atoms with Gasteiger partial charge in [-0.25, -0.2) is 0 Å². The van der Waals surface area contributed by atoms with Crippen LogP contribution in [0.25, 0.3) is 0 Å². The van der Waals surface area contributed by atoms with E-state index in [1.54, 1.807) is 0 Å². The molecular formula is C16H24BrN3O. The Morgan fingerprint density at radius 2 is 2.05 bits per heavy atom. The molecule has 1 aliphatic rings. The zero-order valence-electron chi connectivity index (χ0n) is 12.6. The van der Waals surface area contributed by atoms with E-state index in [1.165, 1.54) is 13.0 Å². The van der Waals surface area contributed by atoms with Gasteiger partial charge in [0.2, 0.25) is 5.91 Å². The minimum atomic E-state index is 0.0119. The number of piperidine rings is 1. The van der Waals surface area contributed by atoms with Gasteiger partial charge in [-0.05, 0) is 67.0 Å². The van der Waals surface area contributed by atoms with E-state index in [1.807, 2.05) is 24.3 Å². The fourth-order valence-electron chi connectivity index (χ4n) is 2.67. The van der Waals surface area contributed by atoms with Gasteiger partial charge >= 0.3 is 0 Å². The lowest BCUT2D eigenvalue weighted by atomic mass is 10.0. The zero-order valence-corrected chi connectivity index (χ0v) is 14.2. The van der Waals surface area contributed by atoms with Crippen LogP contribution < -0.4 is 10.6 Å². The average Bonchev–Trinajstić information content (AvgIpc) is 2.49. The summed E-state index contributed by atoms with van der Waals surface area (Å²) < 4.78 is 0.909. The Labute approximate surface area is 135 Å². The number of carbonyl (C=O) groups excluding carboxylic acids is 1. The van der Waals surface area contributed by atoms with Crippen LogP contribution in [0.3, 0.4) is 0 Å². The number of carbonyl (C=O) groups is 1. The largest absolute Gasteiger partial charge is 0.324 e. The first-order valence-corrected chi connectivity index (χ1v) is 8.48. The molecule has 0 bridgehead atoms. The lowest BCUT2D eigenvalue weighted by Crippen LogP contribution is -2.44. The SMILES string of the molecule is CCCN1CCC(NCC(=O)Nc2ccccc2Br)CC1. The standard InChI is InChI=1S/C16H24BrN3O/c1-2-9-20-10-7-13(8-11-20)18-12-16(21)19-15-6-4-3-5-14(15)17/h3-6,13,18H,2,7-12H2,1H3,(H,19,21). The summed E-state index contributed by atoms with van der Waals surface area (Å²) in [7, 11) is 0. The first-order chi connectivity index (χ1) is 10.2. The third kappa shape index (κ3) is 5.41. The molecule has 0 aliphatic carbocycles. The third-order valence-corrected chi connectivity index (χ3v) is 4.52. The van der Waals surface area contributed by atoms with Crippen molar-refractivity contribution in [2.75, 3.05) is 31.5 Å². The maximum atomic E-state index is 12.0. The molecule has 1 heterocycles. The Morgan fingerprint density at radius 3 is 2.71 bits per heavy atom. The van der Waals surface area contributed by atoms with Crippen molar-refractivity contribution in [3.05, 3.63) is 28.7 Å². The van der Waals surface area contributed by atoms with Crippen LogP contribution in [-0.2, 0) is 4.79 Å². The van der Waals surface area contributed by atoms with E-state index in [0.717, 1.165) is 36.1 Å². The molecule has 4 nitrogen and oxygen atoms in total. The number of anilines is 1. The highest BCUT2D eigenvalue weighted by atomic mass is 79.9. The molecule has 5 heteroatoms. The van der Waals surface area contributed by atoms with Gasteiger partial charge in [-0.3, -0.25) is 4.79 Å². The highest BCUT2D eigenvalue weighted by molar-refractivity contribution is 9.10. The molecule has 0 radical (unpaired) electrons. The van der Waals surface area contributed by atoms with Crippen LogP contribution in [-0.4, -0.2) is 43.0 Å². The minimum Gasteiger partial charge on any atom is -0.324 e. The topological polar surface area (TPSA) is 44.4 Å². The van der Waals surface area contributed by atoms with Crippen LogP contribution in [0.15, 0.2) is 28.7 Å². The number of nitrogens with one attached hydrogen (secondary N) is 2. The lowest BCUT2D eigenvalue weighted by molar-refractivity contribution is -0.115. The Balaban J connectivity index is 1.69. The monoisotopic (exact) mass is 353 g/mol. The molecule has 0 unspecified atom stereocenters. The molecule has 1 saturated heterocycles. The van der Waals surface area contributed by atoms with Crippen molar-refractivity contribution in [2.24, 2.45) is 0 Å². The van der Waals surface area contributed by atoms with Crippen LogP contribution in [0.1, 0.15) is 26.2 Å². The summed E-state index contributed by atoms with van der Waals surface area (Å²) in [4.78, 5) is 14.5. The quantitative estimate of drug-likeness (QED) is 0.826.